The summed E-state index contributed by atoms with van der Waals surface area (Å²) in [5.41, 5.74) is 2.86. The van der Waals surface area contributed by atoms with Crippen LogP contribution in [-0.4, -0.2) is 16.2 Å². The number of aromatic nitrogens is 2. The number of carbonyl (C=O) groups is 1. The largest absolute Gasteiger partial charge is 0.325 e. The smallest absolute Gasteiger partial charge is 0.308 e. The number of carbonyl (C=O) groups excluding carboxylic acids is 1. The van der Waals surface area contributed by atoms with Crippen LogP contribution in [0.3, 0.4) is 0 Å². The number of urea groups is 1. The first-order valence-corrected chi connectivity index (χ1v) is 11.3. The minimum atomic E-state index is -0.397. The van der Waals surface area contributed by atoms with E-state index >= 15 is 0 Å². The monoisotopic (exact) mass is 452 g/mol. The van der Waals surface area contributed by atoms with Gasteiger partial charge in [0.15, 0.2) is 5.01 Å². The average Bonchev–Trinajstić information content (AvgIpc) is 3.21. The highest BCUT2D eigenvalue weighted by atomic mass is 35.5. The first kappa shape index (κ1) is 20.4. The molecule has 8 heteroatoms. The van der Waals surface area contributed by atoms with Crippen molar-refractivity contribution in [3.8, 4) is 10.6 Å². The highest BCUT2D eigenvalue weighted by Crippen LogP contribution is 2.35. The van der Waals surface area contributed by atoms with E-state index in [0.717, 1.165) is 21.2 Å². The van der Waals surface area contributed by atoms with E-state index in [2.05, 4.69) is 39.0 Å². The number of nitrogens with zero attached hydrogens (tertiary/aromatic N) is 2. The molecule has 1 aromatic heterocycles. The van der Waals surface area contributed by atoms with Gasteiger partial charge in [0.25, 0.3) is 0 Å². The first-order valence-electron chi connectivity index (χ1n) is 9.10. The van der Waals surface area contributed by atoms with E-state index < -0.39 is 6.03 Å². The Morgan fingerprint density at radius 3 is 2.57 bits per heavy atom. The van der Waals surface area contributed by atoms with E-state index in [1.807, 2.05) is 36.4 Å². The van der Waals surface area contributed by atoms with Gasteiger partial charge in [0.05, 0.1) is 0 Å². The van der Waals surface area contributed by atoms with Gasteiger partial charge in [-0.25, -0.2) is 4.79 Å². The summed E-state index contributed by atoms with van der Waals surface area (Å²) in [5.74, 6) is 0.865. The maximum Gasteiger partial charge on any atom is 0.325 e. The molecular formula is C22H17ClN4OS2. The van der Waals surface area contributed by atoms with Crippen molar-refractivity contribution in [3.05, 3.63) is 89.4 Å². The minimum Gasteiger partial charge on any atom is -0.308 e. The van der Waals surface area contributed by atoms with Gasteiger partial charge in [-0.05, 0) is 29.8 Å². The molecule has 0 bridgehead atoms. The van der Waals surface area contributed by atoms with Gasteiger partial charge in [-0.1, -0.05) is 77.5 Å². The molecule has 5 nitrogen and oxygen atoms in total. The second-order valence-electron chi connectivity index (χ2n) is 6.27. The Hall–Kier alpha value is -2.87. The van der Waals surface area contributed by atoms with Crippen molar-refractivity contribution in [1.82, 2.24) is 10.2 Å². The van der Waals surface area contributed by atoms with Gasteiger partial charge >= 0.3 is 6.03 Å². The lowest BCUT2D eigenvalue weighted by Crippen LogP contribution is -2.19. The van der Waals surface area contributed by atoms with Crippen LogP contribution in [0.5, 0.6) is 0 Å². The Balaban J connectivity index is 1.44. The molecule has 4 aromatic rings. The molecule has 4 rings (SSSR count). The number of halogens is 1. The van der Waals surface area contributed by atoms with Crippen molar-refractivity contribution in [1.29, 1.82) is 0 Å². The third kappa shape index (κ3) is 5.38. The zero-order valence-corrected chi connectivity index (χ0v) is 18.1. The van der Waals surface area contributed by atoms with Crippen LogP contribution in [0.25, 0.3) is 10.6 Å². The molecular weight excluding hydrogens is 436 g/mol. The van der Waals surface area contributed by atoms with E-state index in [9.17, 15) is 4.79 Å². The van der Waals surface area contributed by atoms with Crippen LogP contribution in [-0.2, 0) is 5.75 Å². The van der Waals surface area contributed by atoms with Gasteiger partial charge in [-0.3, -0.25) is 5.32 Å². The summed E-state index contributed by atoms with van der Waals surface area (Å²) in [5, 5.41) is 15.6. The molecule has 30 heavy (non-hydrogen) atoms. The number of hydrogen-bond donors (Lipinski definition) is 2. The molecule has 0 radical (unpaired) electrons. The number of anilines is 2. The summed E-state index contributed by atoms with van der Waals surface area (Å²) in [7, 11) is 0. The highest BCUT2D eigenvalue weighted by Gasteiger charge is 2.13. The molecule has 1 heterocycles. The standard InChI is InChI=1S/C22H17ClN4OS2/c23-16-9-6-10-17(13-16)24-21(28)25-22-27-26-20(30-22)18-11-4-5-12-19(18)29-14-15-7-2-1-3-8-15/h1-13H,14H2,(H2,24,25,27,28). The number of hydrogen-bond acceptors (Lipinski definition) is 5. The minimum absolute atomic E-state index is 0.397. The van der Waals surface area contributed by atoms with Gasteiger partial charge in [0.1, 0.15) is 0 Å². The van der Waals surface area contributed by atoms with Crippen LogP contribution in [0.15, 0.2) is 83.8 Å². The molecule has 0 aliphatic heterocycles. The summed E-state index contributed by atoms with van der Waals surface area (Å²) in [4.78, 5) is 13.4. The number of rotatable bonds is 6. The molecule has 150 valence electrons. The van der Waals surface area contributed by atoms with E-state index in [0.29, 0.717) is 15.8 Å². The van der Waals surface area contributed by atoms with E-state index in [1.165, 1.54) is 16.9 Å². The Kier molecular flexibility index (Phi) is 6.63. The third-order valence-corrected chi connectivity index (χ3v) is 6.33. The second kappa shape index (κ2) is 9.75. The molecule has 0 fully saturated rings. The summed E-state index contributed by atoms with van der Waals surface area (Å²) >= 11 is 9.02. The lowest BCUT2D eigenvalue weighted by atomic mass is 10.2. The lowest BCUT2D eigenvalue weighted by Gasteiger charge is -2.06. The summed E-state index contributed by atoms with van der Waals surface area (Å²) in [6.45, 7) is 0. The molecule has 0 saturated carbocycles. The SMILES string of the molecule is O=C(Nc1cccc(Cl)c1)Nc1nnc(-c2ccccc2SCc2ccccc2)s1. The van der Waals surface area contributed by atoms with E-state index in [1.54, 1.807) is 36.0 Å². The predicted octanol–water partition coefficient (Wildman–Crippen LogP) is 6.79. The van der Waals surface area contributed by atoms with E-state index in [4.69, 9.17) is 11.6 Å². The fourth-order valence-corrected chi connectivity index (χ4v) is 4.76. The van der Waals surface area contributed by atoms with Crippen LogP contribution in [0.1, 0.15) is 5.56 Å². The topological polar surface area (TPSA) is 66.9 Å². The van der Waals surface area contributed by atoms with Crippen molar-refractivity contribution >= 4 is 51.5 Å². The van der Waals surface area contributed by atoms with Crippen molar-refractivity contribution in [2.24, 2.45) is 0 Å². The molecule has 2 amide bonds. The molecule has 0 aliphatic carbocycles. The van der Waals surface area contributed by atoms with Gasteiger partial charge in [-0.2, -0.15) is 0 Å². The van der Waals surface area contributed by atoms with Gasteiger partial charge in [0, 0.05) is 26.9 Å². The van der Waals surface area contributed by atoms with Crippen molar-refractivity contribution < 1.29 is 4.79 Å². The molecule has 2 N–H and O–H groups in total. The molecule has 0 atom stereocenters. The first-order chi connectivity index (χ1) is 14.7. The predicted molar refractivity (Wildman–Crippen MR) is 125 cm³/mol. The van der Waals surface area contributed by atoms with Gasteiger partial charge < -0.3 is 5.32 Å². The molecule has 0 saturated heterocycles. The number of nitrogens with one attached hydrogen (secondary N) is 2. The highest BCUT2D eigenvalue weighted by molar-refractivity contribution is 7.98. The van der Waals surface area contributed by atoms with Crippen LogP contribution < -0.4 is 10.6 Å². The van der Waals surface area contributed by atoms with Gasteiger partial charge in [-0.15, -0.1) is 22.0 Å². The second-order valence-corrected chi connectivity index (χ2v) is 8.70. The van der Waals surface area contributed by atoms with Crippen LogP contribution in [0.2, 0.25) is 5.02 Å². The normalized spacial score (nSPS) is 10.6. The molecule has 3 aromatic carbocycles. The third-order valence-electron chi connectivity index (χ3n) is 4.08. The Morgan fingerprint density at radius 2 is 1.73 bits per heavy atom. The fraction of sp³-hybridized carbons (Fsp3) is 0.0455. The fourth-order valence-electron chi connectivity index (χ4n) is 2.71. The van der Waals surface area contributed by atoms with Crippen LogP contribution >= 0.6 is 34.7 Å². The van der Waals surface area contributed by atoms with Gasteiger partial charge in [0.2, 0.25) is 5.13 Å². The summed E-state index contributed by atoms with van der Waals surface area (Å²) in [6.07, 6.45) is 0. The van der Waals surface area contributed by atoms with Crippen molar-refractivity contribution in [3.63, 3.8) is 0 Å². The van der Waals surface area contributed by atoms with Crippen LogP contribution in [0, 0.1) is 0 Å². The van der Waals surface area contributed by atoms with E-state index in [-0.39, 0.29) is 0 Å². The zero-order valence-electron chi connectivity index (χ0n) is 15.7. The maximum atomic E-state index is 12.2. The average molecular weight is 453 g/mol. The molecule has 0 unspecified atom stereocenters. The van der Waals surface area contributed by atoms with Crippen LogP contribution in [0.4, 0.5) is 15.6 Å². The lowest BCUT2D eigenvalue weighted by molar-refractivity contribution is 0.262. The Labute approximate surface area is 187 Å². The number of amides is 2. The molecule has 0 spiro atoms. The zero-order chi connectivity index (χ0) is 20.8. The maximum absolute atomic E-state index is 12.2. The quantitative estimate of drug-likeness (QED) is 0.316. The summed E-state index contributed by atoms with van der Waals surface area (Å²) in [6, 6.07) is 24.9. The van der Waals surface area contributed by atoms with Crippen molar-refractivity contribution in [2.75, 3.05) is 10.6 Å². The summed E-state index contributed by atoms with van der Waals surface area (Å²) < 4.78 is 0. The number of thioether (sulfide) groups is 1. The van der Waals surface area contributed by atoms with Crippen molar-refractivity contribution in [2.45, 2.75) is 10.6 Å². The Morgan fingerprint density at radius 1 is 0.933 bits per heavy atom. The Bertz CT molecular complexity index is 1150. The number of benzene rings is 3. The molecule has 0 aliphatic rings.